The van der Waals surface area contributed by atoms with E-state index in [2.05, 4.69) is 15.0 Å². The van der Waals surface area contributed by atoms with Crippen LogP contribution in [0.2, 0.25) is 0 Å². The van der Waals surface area contributed by atoms with Crippen LogP contribution in [0, 0.1) is 0 Å². The van der Waals surface area contributed by atoms with Gasteiger partial charge in [-0.3, -0.25) is 9.13 Å². The largest absolute Gasteiger partial charge is 0.382 e. The first kappa shape index (κ1) is 10.7. The van der Waals surface area contributed by atoms with Crippen molar-refractivity contribution in [1.82, 2.24) is 19.5 Å². The summed E-state index contributed by atoms with van der Waals surface area (Å²) in [5.41, 5.74) is 6.32. The Labute approximate surface area is 89.6 Å². The zero-order chi connectivity index (χ0) is 11.8. The molecule has 0 aliphatic heterocycles. The van der Waals surface area contributed by atoms with Crippen LogP contribution < -0.4 is 5.73 Å². The van der Waals surface area contributed by atoms with Crippen molar-refractivity contribution in [3.63, 3.8) is 0 Å². The van der Waals surface area contributed by atoms with Crippen LogP contribution in [0.5, 0.6) is 0 Å². The van der Waals surface area contributed by atoms with Crippen molar-refractivity contribution >= 4 is 30.8 Å². The van der Waals surface area contributed by atoms with E-state index < -0.39 is 7.60 Å². The Morgan fingerprint density at radius 2 is 2.12 bits per heavy atom. The maximum atomic E-state index is 10.6. The number of hydrogen-bond acceptors (Lipinski definition) is 5. The molecule has 0 unspecified atom stereocenters. The fraction of sp³-hybridized carbons (Fsp3) is 0. The third-order valence-corrected chi connectivity index (χ3v) is 2.33. The van der Waals surface area contributed by atoms with E-state index >= 15 is 0 Å². The Morgan fingerprint density at radius 1 is 1.38 bits per heavy atom. The Morgan fingerprint density at radius 3 is 2.81 bits per heavy atom. The molecule has 2 heterocycles. The Kier molecular flexibility index (Phi) is 2.47. The van der Waals surface area contributed by atoms with Gasteiger partial charge in [-0.15, -0.1) is 0 Å². The summed E-state index contributed by atoms with van der Waals surface area (Å²) in [6, 6.07) is 0. The molecular formula is C7H8N5O3P. The number of fused-ring (bicyclic) bond motifs is 1. The lowest BCUT2D eigenvalue weighted by Crippen LogP contribution is -1.94. The summed E-state index contributed by atoms with van der Waals surface area (Å²) in [7, 11) is -4.20. The molecule has 0 saturated carbocycles. The molecule has 0 radical (unpaired) electrons. The molecule has 8 nitrogen and oxygen atoms in total. The first-order valence-corrected chi connectivity index (χ1v) is 5.83. The second-order valence-electron chi connectivity index (χ2n) is 2.97. The van der Waals surface area contributed by atoms with Gasteiger partial charge in [-0.1, -0.05) is 0 Å². The predicted molar refractivity (Wildman–Crippen MR) is 57.1 cm³/mol. The first-order chi connectivity index (χ1) is 7.47. The molecule has 0 atom stereocenters. The molecule has 0 aliphatic rings. The average molecular weight is 241 g/mol. The minimum atomic E-state index is -4.20. The molecule has 0 saturated heterocycles. The van der Waals surface area contributed by atoms with Gasteiger partial charge in [0.25, 0.3) is 0 Å². The van der Waals surface area contributed by atoms with Gasteiger partial charge >= 0.3 is 7.60 Å². The fourth-order valence-electron chi connectivity index (χ4n) is 1.14. The molecule has 0 aromatic carbocycles. The summed E-state index contributed by atoms with van der Waals surface area (Å²) in [4.78, 5) is 28.9. The van der Waals surface area contributed by atoms with Crippen molar-refractivity contribution in [2.45, 2.75) is 0 Å². The van der Waals surface area contributed by atoms with Crippen LogP contribution in [0.25, 0.3) is 17.4 Å². The van der Waals surface area contributed by atoms with Crippen LogP contribution >= 0.6 is 7.60 Å². The highest BCUT2D eigenvalue weighted by atomic mass is 31.2. The molecule has 9 heteroatoms. The monoisotopic (exact) mass is 241 g/mol. The number of nitrogens with zero attached hydrogens (tertiary/aromatic N) is 4. The maximum Gasteiger partial charge on any atom is 0.350 e. The van der Waals surface area contributed by atoms with Gasteiger partial charge in [-0.05, 0) is 0 Å². The second kappa shape index (κ2) is 3.67. The van der Waals surface area contributed by atoms with E-state index in [0.717, 1.165) is 5.82 Å². The standard InChI is InChI=1S/C7H8N5O3P/c8-6-5-7(10-3-9-6)12(4-11-5)1-2-16(13,14)15/h1-4H,(H2,8,9,10)(H2,13,14,15)/b2-1-. The van der Waals surface area contributed by atoms with E-state index in [9.17, 15) is 4.57 Å². The van der Waals surface area contributed by atoms with Gasteiger partial charge in [0.1, 0.15) is 12.7 Å². The summed E-state index contributed by atoms with van der Waals surface area (Å²) >= 11 is 0. The van der Waals surface area contributed by atoms with E-state index in [0.29, 0.717) is 11.2 Å². The summed E-state index contributed by atoms with van der Waals surface area (Å²) < 4.78 is 12.0. The van der Waals surface area contributed by atoms with E-state index in [-0.39, 0.29) is 5.82 Å². The molecule has 0 fully saturated rings. The van der Waals surface area contributed by atoms with E-state index in [4.69, 9.17) is 15.5 Å². The molecule has 0 amide bonds. The van der Waals surface area contributed by atoms with Gasteiger partial charge < -0.3 is 15.5 Å². The van der Waals surface area contributed by atoms with Crippen molar-refractivity contribution in [2.24, 2.45) is 0 Å². The molecule has 4 N–H and O–H groups in total. The minimum absolute atomic E-state index is 0.216. The first-order valence-electron chi connectivity index (χ1n) is 4.15. The number of anilines is 1. The Bertz CT molecular complexity index is 601. The lowest BCUT2D eigenvalue weighted by molar-refractivity contribution is 0.386. The molecular weight excluding hydrogens is 233 g/mol. The van der Waals surface area contributed by atoms with E-state index in [1.165, 1.54) is 23.4 Å². The normalized spacial score (nSPS) is 12.6. The number of rotatable bonds is 2. The molecule has 84 valence electrons. The van der Waals surface area contributed by atoms with Crippen molar-refractivity contribution in [3.05, 3.63) is 18.5 Å². The van der Waals surface area contributed by atoms with E-state index in [1.54, 1.807) is 0 Å². The highest BCUT2D eigenvalue weighted by molar-refractivity contribution is 7.55. The van der Waals surface area contributed by atoms with Crippen LogP contribution in [0.4, 0.5) is 5.82 Å². The van der Waals surface area contributed by atoms with Crippen molar-refractivity contribution in [3.8, 4) is 0 Å². The van der Waals surface area contributed by atoms with E-state index in [1.807, 2.05) is 0 Å². The third-order valence-electron chi connectivity index (χ3n) is 1.81. The molecule has 16 heavy (non-hydrogen) atoms. The van der Waals surface area contributed by atoms with Crippen LogP contribution in [0.3, 0.4) is 0 Å². The van der Waals surface area contributed by atoms with Gasteiger partial charge in [0.05, 0.1) is 0 Å². The highest BCUT2D eigenvalue weighted by Gasteiger charge is 2.08. The fourth-order valence-corrected chi connectivity index (χ4v) is 1.46. The smallest absolute Gasteiger partial charge is 0.350 e. The molecule has 0 bridgehead atoms. The Balaban J connectivity index is 2.51. The minimum Gasteiger partial charge on any atom is -0.382 e. The molecule has 2 aromatic rings. The quantitative estimate of drug-likeness (QED) is 0.632. The number of imidazole rings is 1. The highest BCUT2D eigenvalue weighted by Crippen LogP contribution is 2.36. The van der Waals surface area contributed by atoms with Gasteiger partial charge in [0.15, 0.2) is 17.0 Å². The summed E-state index contributed by atoms with van der Waals surface area (Å²) in [5, 5.41) is 0. The average Bonchev–Trinajstić information content (AvgIpc) is 2.58. The van der Waals surface area contributed by atoms with Gasteiger partial charge in [-0.2, -0.15) is 0 Å². The lowest BCUT2D eigenvalue weighted by atomic mass is 10.5. The van der Waals surface area contributed by atoms with Crippen molar-refractivity contribution < 1.29 is 14.4 Å². The zero-order valence-electron chi connectivity index (χ0n) is 7.93. The van der Waals surface area contributed by atoms with Crippen LogP contribution in [-0.2, 0) is 4.57 Å². The van der Waals surface area contributed by atoms with Crippen molar-refractivity contribution in [2.75, 3.05) is 5.73 Å². The molecule has 2 aromatic heterocycles. The van der Waals surface area contributed by atoms with Gasteiger partial charge in [-0.25, -0.2) is 15.0 Å². The van der Waals surface area contributed by atoms with Crippen LogP contribution in [-0.4, -0.2) is 29.3 Å². The van der Waals surface area contributed by atoms with Crippen LogP contribution in [0.15, 0.2) is 18.5 Å². The second-order valence-corrected chi connectivity index (χ2v) is 4.45. The van der Waals surface area contributed by atoms with Crippen LogP contribution in [0.1, 0.15) is 0 Å². The Hall–Kier alpha value is -1.76. The molecule has 0 spiro atoms. The number of nitrogen functional groups attached to an aromatic ring is 1. The number of hydrogen-bond donors (Lipinski definition) is 3. The summed E-state index contributed by atoms with van der Waals surface area (Å²) in [5.74, 6) is 0.972. The predicted octanol–water partition coefficient (Wildman–Crippen LogP) is 0.0144. The summed E-state index contributed by atoms with van der Waals surface area (Å²) in [6.45, 7) is 0. The van der Waals surface area contributed by atoms with Gasteiger partial charge in [0.2, 0.25) is 0 Å². The molecule has 2 rings (SSSR count). The topological polar surface area (TPSA) is 127 Å². The third kappa shape index (κ3) is 2.08. The summed E-state index contributed by atoms with van der Waals surface area (Å²) in [6.07, 6.45) is 3.78. The number of nitrogens with two attached hydrogens (primary N) is 1. The van der Waals surface area contributed by atoms with Crippen molar-refractivity contribution in [1.29, 1.82) is 0 Å². The number of aromatic nitrogens is 4. The zero-order valence-corrected chi connectivity index (χ0v) is 8.82. The maximum absolute atomic E-state index is 10.6. The molecule has 0 aliphatic carbocycles. The SMILES string of the molecule is Nc1ncnc2c1ncn2/C=C\P(=O)(O)O. The lowest BCUT2D eigenvalue weighted by Gasteiger charge is -1.97. The van der Waals surface area contributed by atoms with Gasteiger partial charge in [0, 0.05) is 12.0 Å².